The van der Waals surface area contributed by atoms with Gasteiger partial charge in [0.15, 0.2) is 0 Å². The van der Waals surface area contributed by atoms with Gasteiger partial charge in [-0.1, -0.05) is 18.2 Å². The highest BCUT2D eigenvalue weighted by Gasteiger charge is 2.30. The lowest BCUT2D eigenvalue weighted by molar-refractivity contribution is -0.127. The summed E-state index contributed by atoms with van der Waals surface area (Å²) in [6.45, 7) is 3.22. The highest BCUT2D eigenvalue weighted by molar-refractivity contribution is 7.91. The van der Waals surface area contributed by atoms with E-state index >= 15 is 0 Å². The minimum absolute atomic E-state index is 0.133. The summed E-state index contributed by atoms with van der Waals surface area (Å²) in [6, 6.07) is 13.2. The number of amides is 1. The highest BCUT2D eigenvalue weighted by Crippen LogP contribution is 2.25. The Labute approximate surface area is 179 Å². The molecule has 3 heterocycles. The smallest absolute Gasteiger partial charge is 0.252 e. The monoisotopic (exact) mass is 442 g/mol. The molecule has 0 aliphatic carbocycles. The number of sulfonamides is 1. The van der Waals surface area contributed by atoms with E-state index in [2.05, 4.69) is 5.10 Å². The molecule has 1 amide bonds. The lowest BCUT2D eigenvalue weighted by Crippen LogP contribution is -2.50. The second kappa shape index (κ2) is 8.55. The predicted molar refractivity (Wildman–Crippen MR) is 117 cm³/mol. The first-order valence-electron chi connectivity index (χ1n) is 9.57. The molecule has 30 heavy (non-hydrogen) atoms. The quantitative estimate of drug-likeness (QED) is 0.570. The normalized spacial score (nSPS) is 15.7. The standard InChI is InChI=1S/C21H22N4O3S2/c1-17-7-10-21(29-17)30(27,28)24-13-11-23(12-14-24)20(26)9-8-18-15-22-25(16-18)19-5-3-2-4-6-19/h2-10,15-16H,11-14H2,1H3. The maximum absolute atomic E-state index is 12.7. The van der Waals surface area contributed by atoms with Crippen LogP contribution in [-0.4, -0.2) is 59.5 Å². The van der Waals surface area contributed by atoms with Crippen LogP contribution in [0.1, 0.15) is 10.4 Å². The van der Waals surface area contributed by atoms with Gasteiger partial charge in [0.1, 0.15) is 4.21 Å². The zero-order chi connectivity index (χ0) is 21.1. The summed E-state index contributed by atoms with van der Waals surface area (Å²) in [5.74, 6) is -0.133. The molecule has 1 aliphatic rings. The zero-order valence-electron chi connectivity index (χ0n) is 16.5. The average molecular weight is 443 g/mol. The van der Waals surface area contributed by atoms with Gasteiger partial charge < -0.3 is 4.90 Å². The second-order valence-corrected chi connectivity index (χ2v) is 10.4. The fraction of sp³-hybridized carbons (Fsp3) is 0.238. The Hall–Kier alpha value is -2.75. The van der Waals surface area contributed by atoms with E-state index in [1.54, 1.807) is 27.9 Å². The largest absolute Gasteiger partial charge is 0.337 e. The number of benzene rings is 1. The molecule has 1 aliphatic heterocycles. The average Bonchev–Trinajstić information content (AvgIpc) is 3.42. The lowest BCUT2D eigenvalue weighted by Gasteiger charge is -2.33. The van der Waals surface area contributed by atoms with Gasteiger partial charge in [0.25, 0.3) is 10.0 Å². The van der Waals surface area contributed by atoms with Gasteiger partial charge in [-0.3, -0.25) is 4.79 Å². The Balaban J connectivity index is 1.35. The first-order valence-corrected chi connectivity index (χ1v) is 11.8. The lowest BCUT2D eigenvalue weighted by atomic mass is 10.3. The first-order chi connectivity index (χ1) is 14.4. The molecule has 0 radical (unpaired) electrons. The number of aryl methyl sites for hydroxylation is 1. The number of carbonyl (C=O) groups excluding carboxylic acids is 1. The molecule has 0 spiro atoms. The SMILES string of the molecule is Cc1ccc(S(=O)(=O)N2CCN(C(=O)C=Cc3cnn(-c4ccccc4)c3)CC2)s1. The Morgan fingerprint density at radius 1 is 1.07 bits per heavy atom. The minimum Gasteiger partial charge on any atom is -0.337 e. The van der Waals surface area contributed by atoms with E-state index in [9.17, 15) is 13.2 Å². The van der Waals surface area contributed by atoms with Crippen LogP contribution in [0, 0.1) is 6.92 Å². The molecule has 9 heteroatoms. The van der Waals surface area contributed by atoms with Gasteiger partial charge in [-0.05, 0) is 37.3 Å². The van der Waals surface area contributed by atoms with E-state index in [0.29, 0.717) is 30.4 Å². The van der Waals surface area contributed by atoms with E-state index in [-0.39, 0.29) is 5.91 Å². The summed E-state index contributed by atoms with van der Waals surface area (Å²) in [6.07, 6.45) is 6.79. The predicted octanol–water partition coefficient (Wildman–Crippen LogP) is 2.79. The molecular formula is C21H22N4O3S2. The third-order valence-electron chi connectivity index (χ3n) is 4.90. The molecule has 0 saturated carbocycles. The Bertz CT molecular complexity index is 1160. The Morgan fingerprint density at radius 3 is 2.47 bits per heavy atom. The van der Waals surface area contributed by atoms with Crippen molar-refractivity contribution in [1.29, 1.82) is 0 Å². The van der Waals surface area contributed by atoms with Crippen LogP contribution in [0.2, 0.25) is 0 Å². The van der Waals surface area contributed by atoms with Gasteiger partial charge in [0.05, 0.1) is 11.9 Å². The van der Waals surface area contributed by atoms with Crippen molar-refractivity contribution >= 4 is 33.3 Å². The number of hydrogen-bond acceptors (Lipinski definition) is 5. The fourth-order valence-corrected chi connectivity index (χ4v) is 6.10. The van der Waals surface area contributed by atoms with Crippen LogP contribution in [0.5, 0.6) is 0 Å². The molecule has 0 bridgehead atoms. The molecule has 0 atom stereocenters. The zero-order valence-corrected chi connectivity index (χ0v) is 18.1. The third-order valence-corrected chi connectivity index (χ3v) is 8.27. The topological polar surface area (TPSA) is 75.5 Å². The fourth-order valence-electron chi connectivity index (χ4n) is 3.24. The van der Waals surface area contributed by atoms with E-state index in [4.69, 9.17) is 0 Å². The van der Waals surface area contributed by atoms with Gasteiger partial charge in [-0.2, -0.15) is 9.40 Å². The van der Waals surface area contributed by atoms with Crippen LogP contribution in [-0.2, 0) is 14.8 Å². The molecule has 7 nitrogen and oxygen atoms in total. The van der Waals surface area contributed by atoms with E-state index < -0.39 is 10.0 Å². The van der Waals surface area contributed by atoms with Crippen molar-refractivity contribution in [3.8, 4) is 5.69 Å². The van der Waals surface area contributed by atoms with Crippen molar-refractivity contribution < 1.29 is 13.2 Å². The van der Waals surface area contributed by atoms with Crippen LogP contribution in [0.4, 0.5) is 0 Å². The van der Waals surface area contributed by atoms with Crippen molar-refractivity contribution in [3.05, 3.63) is 71.4 Å². The number of rotatable bonds is 5. The second-order valence-electron chi connectivity index (χ2n) is 6.98. The van der Waals surface area contributed by atoms with Crippen LogP contribution in [0.25, 0.3) is 11.8 Å². The first kappa shape index (κ1) is 20.5. The molecular weight excluding hydrogens is 420 g/mol. The van der Waals surface area contributed by atoms with Crippen LogP contribution < -0.4 is 0 Å². The molecule has 156 valence electrons. The molecule has 0 unspecified atom stereocenters. The van der Waals surface area contributed by atoms with Gasteiger partial charge in [0.2, 0.25) is 5.91 Å². The van der Waals surface area contributed by atoms with Gasteiger partial charge in [-0.15, -0.1) is 11.3 Å². The minimum atomic E-state index is -3.48. The van der Waals surface area contributed by atoms with E-state index in [1.807, 2.05) is 49.5 Å². The summed E-state index contributed by atoms with van der Waals surface area (Å²) in [5, 5.41) is 4.31. The van der Waals surface area contributed by atoms with Crippen molar-refractivity contribution in [2.24, 2.45) is 0 Å². The summed E-state index contributed by atoms with van der Waals surface area (Å²) in [7, 11) is -3.48. The molecule has 1 aromatic carbocycles. The van der Waals surface area contributed by atoms with Crippen LogP contribution in [0.3, 0.4) is 0 Å². The summed E-state index contributed by atoms with van der Waals surface area (Å²) < 4.78 is 29.0. The van der Waals surface area contributed by atoms with Gasteiger partial charge >= 0.3 is 0 Å². The van der Waals surface area contributed by atoms with Gasteiger partial charge in [0, 0.05) is 48.9 Å². The summed E-state index contributed by atoms with van der Waals surface area (Å²) in [5.41, 5.74) is 1.77. The van der Waals surface area contributed by atoms with E-state index in [0.717, 1.165) is 16.1 Å². The van der Waals surface area contributed by atoms with Crippen LogP contribution in [0.15, 0.2) is 65.1 Å². The van der Waals surface area contributed by atoms with Crippen molar-refractivity contribution in [2.45, 2.75) is 11.1 Å². The number of nitrogens with zero attached hydrogens (tertiary/aromatic N) is 4. The van der Waals surface area contributed by atoms with Crippen molar-refractivity contribution in [1.82, 2.24) is 19.0 Å². The number of thiophene rings is 1. The Kier molecular flexibility index (Phi) is 5.85. The van der Waals surface area contributed by atoms with Gasteiger partial charge in [-0.25, -0.2) is 13.1 Å². The number of para-hydroxylation sites is 1. The molecule has 1 fully saturated rings. The number of piperazine rings is 1. The summed E-state index contributed by atoms with van der Waals surface area (Å²) in [4.78, 5) is 15.2. The maximum Gasteiger partial charge on any atom is 0.252 e. The third kappa shape index (κ3) is 4.38. The summed E-state index contributed by atoms with van der Waals surface area (Å²) >= 11 is 1.27. The molecule has 3 aromatic rings. The highest BCUT2D eigenvalue weighted by atomic mass is 32.2. The molecule has 1 saturated heterocycles. The van der Waals surface area contributed by atoms with Crippen molar-refractivity contribution in [2.75, 3.05) is 26.2 Å². The molecule has 0 N–H and O–H groups in total. The van der Waals surface area contributed by atoms with E-state index in [1.165, 1.54) is 21.7 Å². The number of hydrogen-bond donors (Lipinski definition) is 0. The van der Waals surface area contributed by atoms with Crippen molar-refractivity contribution in [3.63, 3.8) is 0 Å². The number of carbonyl (C=O) groups is 1. The molecule has 4 rings (SSSR count). The van der Waals surface area contributed by atoms with Crippen LogP contribution >= 0.6 is 11.3 Å². The number of aromatic nitrogens is 2. The molecule has 2 aromatic heterocycles. The Morgan fingerprint density at radius 2 is 1.80 bits per heavy atom. The maximum atomic E-state index is 12.7.